The van der Waals surface area contributed by atoms with Gasteiger partial charge in [-0.05, 0) is 36.8 Å². The summed E-state index contributed by atoms with van der Waals surface area (Å²) in [6, 6.07) is 8.09. The second kappa shape index (κ2) is 8.56. The van der Waals surface area contributed by atoms with Crippen LogP contribution >= 0.6 is 0 Å². The number of carbonyl (C=O) groups excluding carboxylic acids is 1. The first-order valence-corrected chi connectivity index (χ1v) is 9.86. The molecule has 0 N–H and O–H groups in total. The van der Waals surface area contributed by atoms with Crippen LogP contribution in [0, 0.1) is 11.6 Å². The van der Waals surface area contributed by atoms with Crippen molar-refractivity contribution in [2.24, 2.45) is 0 Å². The number of halogens is 2. The Morgan fingerprint density at radius 2 is 1.67 bits per heavy atom. The fourth-order valence-corrected chi connectivity index (χ4v) is 3.49. The molecule has 3 heterocycles. The van der Waals surface area contributed by atoms with Crippen molar-refractivity contribution >= 4 is 11.9 Å². The molecule has 0 radical (unpaired) electrons. The van der Waals surface area contributed by atoms with Gasteiger partial charge in [-0.25, -0.2) is 18.7 Å². The number of benzene rings is 1. The van der Waals surface area contributed by atoms with Crippen LogP contribution in [-0.4, -0.2) is 56.7 Å². The van der Waals surface area contributed by atoms with Gasteiger partial charge in [-0.15, -0.1) is 0 Å². The number of rotatable bonds is 5. The van der Waals surface area contributed by atoms with Crippen molar-refractivity contribution in [3.63, 3.8) is 0 Å². The van der Waals surface area contributed by atoms with Crippen LogP contribution in [0.25, 0.3) is 11.3 Å². The number of hydrogen-bond acceptors (Lipinski definition) is 5. The lowest BCUT2D eigenvalue weighted by atomic mass is 10.1. The molecule has 9 heteroatoms. The molecule has 4 rings (SSSR count). The molecule has 0 bridgehead atoms. The summed E-state index contributed by atoms with van der Waals surface area (Å²) >= 11 is 0. The largest absolute Gasteiger partial charge is 0.338 e. The van der Waals surface area contributed by atoms with E-state index in [1.54, 1.807) is 21.7 Å². The van der Waals surface area contributed by atoms with E-state index in [9.17, 15) is 13.6 Å². The Kier molecular flexibility index (Phi) is 5.69. The average Bonchev–Trinajstić information content (AvgIpc) is 3.17. The van der Waals surface area contributed by atoms with Crippen molar-refractivity contribution in [3.05, 3.63) is 60.1 Å². The molecule has 30 heavy (non-hydrogen) atoms. The maximum absolute atomic E-state index is 13.2. The van der Waals surface area contributed by atoms with Crippen molar-refractivity contribution in [2.75, 3.05) is 31.1 Å². The van der Waals surface area contributed by atoms with E-state index in [2.05, 4.69) is 15.1 Å². The molecule has 0 saturated carbocycles. The highest BCUT2D eigenvalue weighted by Crippen LogP contribution is 2.20. The van der Waals surface area contributed by atoms with Crippen LogP contribution in [0.3, 0.4) is 0 Å². The molecule has 1 aliphatic heterocycles. The third kappa shape index (κ3) is 4.29. The Labute approximate surface area is 173 Å². The van der Waals surface area contributed by atoms with Crippen LogP contribution in [-0.2, 0) is 17.8 Å². The zero-order chi connectivity index (χ0) is 21.1. The Balaban J connectivity index is 1.40. The molecule has 0 unspecified atom stereocenters. The molecular formula is C21H22F2N6O. The monoisotopic (exact) mass is 412 g/mol. The lowest BCUT2D eigenvalue weighted by Gasteiger charge is -2.34. The van der Waals surface area contributed by atoms with Crippen LogP contribution in [0.4, 0.5) is 14.7 Å². The molecule has 1 saturated heterocycles. The maximum atomic E-state index is 13.2. The maximum Gasteiger partial charge on any atom is 0.244 e. The Hall–Kier alpha value is -3.36. The molecule has 3 aromatic rings. The number of anilines is 1. The smallest absolute Gasteiger partial charge is 0.244 e. The molecule has 1 aromatic carbocycles. The number of aromatic nitrogens is 4. The summed E-state index contributed by atoms with van der Waals surface area (Å²) < 4.78 is 27.9. The second-order valence-electron chi connectivity index (χ2n) is 7.11. The highest BCUT2D eigenvalue weighted by Gasteiger charge is 2.23. The Morgan fingerprint density at radius 1 is 1.00 bits per heavy atom. The molecule has 7 nitrogen and oxygen atoms in total. The molecule has 1 amide bonds. The summed E-state index contributed by atoms with van der Waals surface area (Å²) in [5, 5.41) is 4.57. The minimum absolute atomic E-state index is 0.0156. The van der Waals surface area contributed by atoms with Crippen molar-refractivity contribution in [2.45, 2.75) is 19.9 Å². The summed E-state index contributed by atoms with van der Waals surface area (Å²) in [4.78, 5) is 24.5. The van der Waals surface area contributed by atoms with Gasteiger partial charge in [0, 0.05) is 37.4 Å². The zero-order valence-electron chi connectivity index (χ0n) is 16.6. The van der Waals surface area contributed by atoms with E-state index in [4.69, 9.17) is 0 Å². The minimum Gasteiger partial charge on any atom is -0.338 e. The second-order valence-corrected chi connectivity index (χ2v) is 7.11. The van der Waals surface area contributed by atoms with Crippen LogP contribution in [0.2, 0.25) is 0 Å². The van der Waals surface area contributed by atoms with Gasteiger partial charge in [0.2, 0.25) is 11.9 Å². The standard InChI is InChI=1S/C21H22F2N6O/c1-2-18-11-19(15-3-5-16(22)6-4-15)26-29(18)14-20(30)27-7-9-28(10-8-27)21-24-12-17(23)13-25-21/h3-6,11-13H,2,7-10,14H2,1H3. The fourth-order valence-electron chi connectivity index (χ4n) is 3.49. The third-order valence-electron chi connectivity index (χ3n) is 5.17. The first kappa shape index (κ1) is 19.9. The van der Waals surface area contributed by atoms with Gasteiger partial charge in [-0.1, -0.05) is 6.92 Å². The third-order valence-corrected chi connectivity index (χ3v) is 5.17. The molecule has 1 aliphatic rings. The average molecular weight is 412 g/mol. The van der Waals surface area contributed by atoms with Gasteiger partial charge in [-0.3, -0.25) is 9.48 Å². The predicted molar refractivity (Wildman–Crippen MR) is 108 cm³/mol. The van der Waals surface area contributed by atoms with E-state index in [-0.39, 0.29) is 18.3 Å². The molecule has 0 spiro atoms. The fraction of sp³-hybridized carbons (Fsp3) is 0.333. The van der Waals surface area contributed by atoms with Gasteiger partial charge in [0.15, 0.2) is 5.82 Å². The first-order chi connectivity index (χ1) is 14.5. The van der Waals surface area contributed by atoms with Gasteiger partial charge in [-0.2, -0.15) is 5.10 Å². The van der Waals surface area contributed by atoms with E-state index >= 15 is 0 Å². The summed E-state index contributed by atoms with van der Waals surface area (Å²) in [5.41, 5.74) is 2.48. The summed E-state index contributed by atoms with van der Waals surface area (Å²) in [7, 11) is 0. The predicted octanol–water partition coefficient (Wildman–Crippen LogP) is 2.53. The lowest BCUT2D eigenvalue weighted by Crippen LogP contribution is -2.50. The normalized spacial score (nSPS) is 14.2. The van der Waals surface area contributed by atoms with Crippen molar-refractivity contribution in [1.82, 2.24) is 24.6 Å². The van der Waals surface area contributed by atoms with Gasteiger partial charge in [0.05, 0.1) is 18.1 Å². The minimum atomic E-state index is -0.474. The van der Waals surface area contributed by atoms with Crippen LogP contribution in [0.5, 0.6) is 0 Å². The molecule has 1 fully saturated rings. The van der Waals surface area contributed by atoms with E-state index in [1.807, 2.05) is 17.9 Å². The van der Waals surface area contributed by atoms with Crippen molar-refractivity contribution in [3.8, 4) is 11.3 Å². The summed E-state index contributed by atoms with van der Waals surface area (Å²) in [6.07, 6.45) is 3.02. The van der Waals surface area contributed by atoms with E-state index in [1.165, 1.54) is 12.1 Å². The Morgan fingerprint density at radius 3 is 2.30 bits per heavy atom. The molecule has 0 atom stereocenters. The number of piperazine rings is 1. The number of nitrogens with zero attached hydrogens (tertiary/aromatic N) is 6. The van der Waals surface area contributed by atoms with Crippen LogP contribution < -0.4 is 4.90 Å². The van der Waals surface area contributed by atoms with E-state index < -0.39 is 5.82 Å². The van der Waals surface area contributed by atoms with Gasteiger partial charge in [0.25, 0.3) is 0 Å². The number of hydrogen-bond donors (Lipinski definition) is 0. The topological polar surface area (TPSA) is 67.2 Å². The highest BCUT2D eigenvalue weighted by molar-refractivity contribution is 5.76. The highest BCUT2D eigenvalue weighted by atomic mass is 19.1. The lowest BCUT2D eigenvalue weighted by molar-refractivity contribution is -0.132. The van der Waals surface area contributed by atoms with Crippen molar-refractivity contribution < 1.29 is 13.6 Å². The number of amides is 1. The SMILES string of the molecule is CCc1cc(-c2ccc(F)cc2)nn1CC(=O)N1CCN(c2ncc(F)cn2)CC1. The van der Waals surface area contributed by atoms with Crippen LogP contribution in [0.15, 0.2) is 42.7 Å². The van der Waals surface area contributed by atoms with Crippen molar-refractivity contribution in [1.29, 1.82) is 0 Å². The Bertz CT molecular complexity index is 1010. The molecule has 2 aromatic heterocycles. The number of aryl methyl sites for hydroxylation is 1. The molecule has 156 valence electrons. The van der Waals surface area contributed by atoms with E-state index in [0.717, 1.165) is 35.8 Å². The number of carbonyl (C=O) groups is 1. The molecular weight excluding hydrogens is 390 g/mol. The van der Waals surface area contributed by atoms with Gasteiger partial charge in [0.1, 0.15) is 12.4 Å². The quantitative estimate of drug-likeness (QED) is 0.644. The summed E-state index contributed by atoms with van der Waals surface area (Å²) in [5.74, 6) is -0.321. The molecule has 0 aliphatic carbocycles. The van der Waals surface area contributed by atoms with Gasteiger partial charge >= 0.3 is 0 Å². The van der Waals surface area contributed by atoms with Crippen LogP contribution in [0.1, 0.15) is 12.6 Å². The van der Waals surface area contributed by atoms with E-state index in [0.29, 0.717) is 32.1 Å². The summed E-state index contributed by atoms with van der Waals surface area (Å²) in [6.45, 7) is 4.39. The van der Waals surface area contributed by atoms with Gasteiger partial charge < -0.3 is 9.80 Å². The first-order valence-electron chi connectivity index (χ1n) is 9.86. The zero-order valence-corrected chi connectivity index (χ0v) is 16.6.